The van der Waals surface area contributed by atoms with Crippen molar-refractivity contribution in [1.82, 2.24) is 4.90 Å². The molecule has 1 saturated carbocycles. The molecule has 0 atom stereocenters. The minimum atomic E-state index is 0.0664. The van der Waals surface area contributed by atoms with Gasteiger partial charge in [-0.3, -0.25) is 14.7 Å². The van der Waals surface area contributed by atoms with Crippen molar-refractivity contribution >= 4 is 40.3 Å². The zero-order valence-electron chi connectivity index (χ0n) is 14.0. The third-order valence-corrected chi connectivity index (χ3v) is 7.28. The van der Waals surface area contributed by atoms with E-state index in [9.17, 15) is 4.79 Å². The Kier molecular flexibility index (Phi) is 4.35. The number of fused-ring (bicyclic) bond motifs is 1. The van der Waals surface area contributed by atoms with Crippen LogP contribution in [0, 0.1) is 0 Å². The summed E-state index contributed by atoms with van der Waals surface area (Å²) in [5.41, 5.74) is 1.17. The van der Waals surface area contributed by atoms with Gasteiger partial charge >= 0.3 is 0 Å². The predicted octanol–water partition coefficient (Wildman–Crippen LogP) is 4.29. The zero-order valence-corrected chi connectivity index (χ0v) is 15.6. The van der Waals surface area contributed by atoms with Gasteiger partial charge in [0.15, 0.2) is 5.17 Å². The summed E-state index contributed by atoms with van der Waals surface area (Å²) in [7, 11) is 3.88. The number of amides is 1. The largest absolute Gasteiger partial charge is 0.337 e. The lowest BCUT2D eigenvalue weighted by Crippen LogP contribution is -2.26. The standard InChI is InChI=1S/C18H21N3OS2/c1-20-13-10-6-7-11-14(13)23-17(20)15-16(22)21(2)18(24-15)19-12-8-4-3-5-9-12/h6-7,10-12H,3-5,8-9H2,1-2H3. The van der Waals surface area contributed by atoms with Gasteiger partial charge in [-0.25, -0.2) is 0 Å². The molecule has 1 saturated heterocycles. The Balaban J connectivity index is 1.63. The molecule has 0 unspecified atom stereocenters. The van der Waals surface area contributed by atoms with Crippen molar-refractivity contribution in [3.05, 3.63) is 34.2 Å². The molecule has 3 aliphatic rings. The van der Waals surface area contributed by atoms with Gasteiger partial charge in [0, 0.05) is 19.0 Å². The Morgan fingerprint density at radius 2 is 1.79 bits per heavy atom. The first-order valence-corrected chi connectivity index (χ1v) is 10.1. The van der Waals surface area contributed by atoms with Crippen molar-refractivity contribution in [3.63, 3.8) is 0 Å². The van der Waals surface area contributed by atoms with Crippen LogP contribution >= 0.6 is 23.5 Å². The molecule has 0 N–H and O–H groups in total. The van der Waals surface area contributed by atoms with Crippen LogP contribution in [0.25, 0.3) is 0 Å². The van der Waals surface area contributed by atoms with Crippen LogP contribution in [0.2, 0.25) is 0 Å². The average Bonchev–Trinajstić information content (AvgIpc) is 3.08. The van der Waals surface area contributed by atoms with Gasteiger partial charge < -0.3 is 4.90 Å². The van der Waals surface area contributed by atoms with Crippen LogP contribution in [0.5, 0.6) is 0 Å². The Morgan fingerprint density at radius 1 is 1.04 bits per heavy atom. The highest BCUT2D eigenvalue weighted by Gasteiger charge is 2.37. The summed E-state index contributed by atoms with van der Waals surface area (Å²) in [5.74, 6) is 0.0664. The van der Waals surface area contributed by atoms with Gasteiger partial charge in [-0.2, -0.15) is 0 Å². The van der Waals surface area contributed by atoms with Gasteiger partial charge in [0.1, 0.15) is 4.91 Å². The second kappa shape index (κ2) is 6.48. The first-order valence-electron chi connectivity index (χ1n) is 8.44. The number of nitrogens with zero attached hydrogens (tertiary/aromatic N) is 3. The maximum atomic E-state index is 12.8. The van der Waals surface area contributed by atoms with E-state index in [1.807, 2.05) is 26.2 Å². The van der Waals surface area contributed by atoms with Crippen molar-refractivity contribution in [2.45, 2.75) is 43.0 Å². The number of amidine groups is 1. The Bertz CT molecular complexity index is 738. The maximum absolute atomic E-state index is 12.8. The normalized spacial score (nSPS) is 26.6. The van der Waals surface area contributed by atoms with E-state index in [0.29, 0.717) is 6.04 Å². The summed E-state index contributed by atoms with van der Waals surface area (Å²) in [6, 6.07) is 8.66. The molecule has 126 valence electrons. The number of para-hydroxylation sites is 1. The first-order chi connectivity index (χ1) is 11.6. The third kappa shape index (κ3) is 2.75. The van der Waals surface area contributed by atoms with Crippen molar-refractivity contribution in [1.29, 1.82) is 0 Å². The highest BCUT2D eigenvalue weighted by atomic mass is 32.2. The zero-order chi connectivity index (χ0) is 16.7. The molecule has 0 radical (unpaired) electrons. The van der Waals surface area contributed by atoms with Gasteiger partial charge in [-0.15, -0.1) is 0 Å². The Labute approximate surface area is 151 Å². The molecule has 2 fully saturated rings. The third-order valence-electron chi connectivity index (χ3n) is 4.78. The average molecular weight is 360 g/mol. The fourth-order valence-electron chi connectivity index (χ4n) is 3.36. The number of carbonyl (C=O) groups excluding carboxylic acids is 1. The molecule has 0 spiro atoms. The van der Waals surface area contributed by atoms with Crippen LogP contribution in [0.15, 0.2) is 44.1 Å². The minimum absolute atomic E-state index is 0.0664. The van der Waals surface area contributed by atoms with E-state index < -0.39 is 0 Å². The summed E-state index contributed by atoms with van der Waals surface area (Å²) >= 11 is 3.21. The van der Waals surface area contributed by atoms with Crippen molar-refractivity contribution in [2.24, 2.45) is 4.99 Å². The number of likely N-dealkylation sites (N-methyl/N-ethyl adjacent to an activating group) is 1. The molecule has 1 aliphatic carbocycles. The molecular formula is C18H21N3OS2. The summed E-state index contributed by atoms with van der Waals surface area (Å²) < 4.78 is 0. The van der Waals surface area contributed by atoms with Gasteiger partial charge in [0.2, 0.25) is 0 Å². The molecule has 1 amide bonds. The summed E-state index contributed by atoms with van der Waals surface area (Å²) in [4.78, 5) is 23.5. The maximum Gasteiger partial charge on any atom is 0.269 e. The molecular weight excluding hydrogens is 338 g/mol. The van der Waals surface area contributed by atoms with Crippen LogP contribution < -0.4 is 4.90 Å². The Hall–Kier alpha value is -1.40. The lowest BCUT2D eigenvalue weighted by molar-refractivity contribution is -0.121. The molecule has 0 aromatic heterocycles. The van der Waals surface area contributed by atoms with E-state index in [1.165, 1.54) is 41.6 Å². The monoisotopic (exact) mass is 359 g/mol. The van der Waals surface area contributed by atoms with E-state index in [1.54, 1.807) is 16.7 Å². The van der Waals surface area contributed by atoms with Crippen LogP contribution in [-0.2, 0) is 4.79 Å². The molecule has 24 heavy (non-hydrogen) atoms. The summed E-state index contributed by atoms with van der Waals surface area (Å²) in [6.45, 7) is 0. The highest BCUT2D eigenvalue weighted by Crippen LogP contribution is 2.49. The highest BCUT2D eigenvalue weighted by molar-refractivity contribution is 8.19. The van der Waals surface area contributed by atoms with Gasteiger partial charge in [-0.05, 0) is 36.7 Å². The number of thioether (sulfide) groups is 2. The smallest absolute Gasteiger partial charge is 0.269 e. The second-order valence-corrected chi connectivity index (χ2v) is 8.44. The number of rotatable bonds is 1. The first kappa shape index (κ1) is 16.1. The lowest BCUT2D eigenvalue weighted by atomic mass is 9.96. The summed E-state index contributed by atoms with van der Waals surface area (Å²) in [5, 5.41) is 1.88. The van der Waals surface area contributed by atoms with Crippen LogP contribution in [0.4, 0.5) is 5.69 Å². The van der Waals surface area contributed by atoms with Crippen LogP contribution in [0.3, 0.4) is 0 Å². The second-order valence-electron chi connectivity index (χ2n) is 6.43. The Morgan fingerprint density at radius 3 is 2.54 bits per heavy atom. The predicted molar refractivity (Wildman–Crippen MR) is 102 cm³/mol. The topological polar surface area (TPSA) is 35.9 Å². The van der Waals surface area contributed by atoms with E-state index >= 15 is 0 Å². The number of benzene rings is 1. The molecule has 0 bridgehead atoms. The molecule has 1 aromatic rings. The fourth-order valence-corrected chi connectivity index (χ4v) is 5.74. The molecule has 2 heterocycles. The van der Waals surface area contributed by atoms with Crippen molar-refractivity contribution in [2.75, 3.05) is 19.0 Å². The van der Waals surface area contributed by atoms with E-state index in [0.717, 1.165) is 27.9 Å². The van der Waals surface area contributed by atoms with Crippen molar-refractivity contribution in [3.8, 4) is 0 Å². The SMILES string of the molecule is CN1C(=O)C(=C2Sc3ccccc3N2C)SC1=NC1CCCCC1. The quantitative estimate of drug-likeness (QED) is 0.701. The molecule has 4 rings (SSSR count). The number of aliphatic imine (C=N–C) groups is 1. The van der Waals surface area contributed by atoms with Crippen LogP contribution in [-0.4, -0.2) is 36.1 Å². The van der Waals surface area contributed by atoms with Crippen molar-refractivity contribution < 1.29 is 4.79 Å². The van der Waals surface area contributed by atoms with Gasteiger partial charge in [-0.1, -0.05) is 43.2 Å². The summed E-state index contributed by atoms with van der Waals surface area (Å²) in [6.07, 6.45) is 6.13. The van der Waals surface area contributed by atoms with Crippen LogP contribution in [0.1, 0.15) is 32.1 Å². The fraction of sp³-hybridized carbons (Fsp3) is 0.444. The van der Waals surface area contributed by atoms with Gasteiger partial charge in [0.25, 0.3) is 5.91 Å². The number of hydrogen-bond acceptors (Lipinski definition) is 5. The molecule has 2 aliphatic heterocycles. The van der Waals surface area contributed by atoms with E-state index in [4.69, 9.17) is 4.99 Å². The van der Waals surface area contributed by atoms with E-state index in [-0.39, 0.29) is 5.91 Å². The number of carbonyl (C=O) groups is 1. The molecule has 6 heteroatoms. The van der Waals surface area contributed by atoms with E-state index in [2.05, 4.69) is 17.0 Å². The minimum Gasteiger partial charge on any atom is -0.337 e. The van der Waals surface area contributed by atoms with Gasteiger partial charge in [0.05, 0.1) is 16.8 Å². The molecule has 1 aromatic carbocycles. The lowest BCUT2D eigenvalue weighted by Gasteiger charge is -2.19. The number of hydrogen-bond donors (Lipinski definition) is 0. The number of anilines is 1. The molecule has 4 nitrogen and oxygen atoms in total.